The Balaban J connectivity index is 1.44. The number of hydrogen-bond acceptors (Lipinski definition) is 6. The summed E-state index contributed by atoms with van der Waals surface area (Å²) in [4.78, 5) is 16.6. The molecule has 1 aromatic heterocycles. The summed E-state index contributed by atoms with van der Waals surface area (Å²) < 4.78 is 53.2. The van der Waals surface area contributed by atoms with Gasteiger partial charge in [-0.15, -0.1) is 0 Å². The summed E-state index contributed by atoms with van der Waals surface area (Å²) in [6.07, 6.45) is -4.76. The summed E-state index contributed by atoms with van der Waals surface area (Å²) >= 11 is 0. The summed E-state index contributed by atoms with van der Waals surface area (Å²) in [6, 6.07) is 4.07. The zero-order valence-electron chi connectivity index (χ0n) is 16.9. The first kappa shape index (κ1) is 20.0. The smallest absolute Gasteiger partial charge is 0.410 e. The molecule has 1 N–H and O–H groups in total. The van der Waals surface area contributed by atoms with Gasteiger partial charge in [-0.05, 0) is 24.7 Å². The predicted octanol–water partition coefficient (Wildman–Crippen LogP) is 2.66. The van der Waals surface area contributed by atoms with Crippen LogP contribution < -0.4 is 14.8 Å². The molecule has 8 nitrogen and oxygen atoms in total. The van der Waals surface area contributed by atoms with Gasteiger partial charge in [-0.2, -0.15) is 18.3 Å². The van der Waals surface area contributed by atoms with Gasteiger partial charge in [-0.1, -0.05) is 6.07 Å². The van der Waals surface area contributed by atoms with Gasteiger partial charge in [0, 0.05) is 38.7 Å². The maximum Gasteiger partial charge on any atom is 0.410 e. The van der Waals surface area contributed by atoms with Crippen molar-refractivity contribution in [2.24, 2.45) is 0 Å². The lowest BCUT2D eigenvalue weighted by Crippen LogP contribution is -2.47. The lowest BCUT2D eigenvalue weighted by Gasteiger charge is -2.33. The van der Waals surface area contributed by atoms with E-state index in [1.54, 1.807) is 23.1 Å². The quantitative estimate of drug-likeness (QED) is 0.779. The number of aromatic nitrogens is 2. The van der Waals surface area contributed by atoms with Crippen LogP contribution in [0.3, 0.4) is 0 Å². The molecule has 11 heteroatoms. The number of fused-ring (bicyclic) bond motifs is 2. The summed E-state index contributed by atoms with van der Waals surface area (Å²) in [5.41, 5.74) is 0.672. The Bertz CT molecular complexity index is 1000. The van der Waals surface area contributed by atoms with E-state index in [4.69, 9.17) is 9.47 Å². The van der Waals surface area contributed by atoms with E-state index in [0.29, 0.717) is 30.2 Å². The van der Waals surface area contributed by atoms with Crippen LogP contribution in [-0.4, -0.2) is 71.7 Å². The Hall–Kier alpha value is -2.95. The topological polar surface area (TPSA) is 71.9 Å². The molecule has 1 saturated heterocycles. The molecule has 5 rings (SSSR count). The lowest BCUT2D eigenvalue weighted by atomic mass is 9.96. The van der Waals surface area contributed by atoms with Gasteiger partial charge in [0.25, 0.3) is 5.91 Å². The molecule has 4 heterocycles. The van der Waals surface area contributed by atoms with Gasteiger partial charge in [0.2, 0.25) is 6.79 Å². The number of hydrogen-bond donors (Lipinski definition) is 1. The number of halogens is 3. The molecule has 3 aliphatic heterocycles. The van der Waals surface area contributed by atoms with E-state index in [2.05, 4.69) is 15.3 Å². The van der Waals surface area contributed by atoms with Gasteiger partial charge < -0.3 is 24.6 Å². The van der Waals surface area contributed by atoms with Crippen LogP contribution in [0, 0.1) is 0 Å². The highest BCUT2D eigenvalue weighted by atomic mass is 19.4. The Morgan fingerprint density at radius 3 is 2.61 bits per heavy atom. The first-order valence-corrected chi connectivity index (χ1v) is 10.1. The first-order valence-electron chi connectivity index (χ1n) is 10.1. The predicted molar refractivity (Wildman–Crippen MR) is 104 cm³/mol. The van der Waals surface area contributed by atoms with E-state index in [9.17, 15) is 18.0 Å². The zero-order valence-corrected chi connectivity index (χ0v) is 16.9. The molecular weight excluding hydrogens is 415 g/mol. The van der Waals surface area contributed by atoms with Crippen LogP contribution in [0.2, 0.25) is 0 Å². The van der Waals surface area contributed by atoms with Crippen LogP contribution in [0.4, 0.5) is 19.0 Å². The third-order valence-corrected chi connectivity index (χ3v) is 6.00. The van der Waals surface area contributed by atoms with Crippen molar-refractivity contribution < 1.29 is 27.4 Å². The Morgan fingerprint density at radius 1 is 1.13 bits per heavy atom. The molecule has 0 radical (unpaired) electrons. The van der Waals surface area contributed by atoms with Crippen molar-refractivity contribution in [1.82, 2.24) is 19.6 Å². The third-order valence-electron chi connectivity index (χ3n) is 6.00. The minimum atomic E-state index is -4.51. The monoisotopic (exact) mass is 437 g/mol. The number of carbonyl (C=O) groups excluding carboxylic acids is 1. The normalized spacial score (nSPS) is 23.4. The Morgan fingerprint density at radius 2 is 1.87 bits per heavy atom. The highest BCUT2D eigenvalue weighted by Gasteiger charge is 2.47. The highest BCUT2D eigenvalue weighted by molar-refractivity contribution is 5.93. The van der Waals surface area contributed by atoms with Crippen molar-refractivity contribution in [2.75, 3.05) is 45.3 Å². The number of alkyl halides is 3. The minimum absolute atomic E-state index is 0.0210. The Labute approximate surface area is 176 Å². The molecule has 1 fully saturated rings. The number of anilines is 1. The van der Waals surface area contributed by atoms with Crippen molar-refractivity contribution in [1.29, 1.82) is 0 Å². The maximum absolute atomic E-state index is 13.9. The molecule has 3 aliphatic rings. The molecule has 31 heavy (non-hydrogen) atoms. The minimum Gasteiger partial charge on any atom is -0.454 e. The summed E-state index contributed by atoms with van der Waals surface area (Å²) in [6.45, 7) is 2.57. The van der Waals surface area contributed by atoms with Crippen LogP contribution in [0.1, 0.15) is 34.6 Å². The molecule has 0 unspecified atom stereocenters. The van der Waals surface area contributed by atoms with Gasteiger partial charge in [-0.3, -0.25) is 4.79 Å². The van der Waals surface area contributed by atoms with Crippen molar-refractivity contribution >= 4 is 11.7 Å². The number of likely N-dealkylation sites (N-methyl/N-ethyl adjacent to an activating group) is 1. The summed E-state index contributed by atoms with van der Waals surface area (Å²) in [5, 5.41) is 7.18. The number of benzene rings is 1. The van der Waals surface area contributed by atoms with Crippen LogP contribution in [0.15, 0.2) is 24.3 Å². The zero-order chi connectivity index (χ0) is 21.8. The number of piperazine rings is 1. The van der Waals surface area contributed by atoms with Gasteiger partial charge in [-0.25, -0.2) is 4.68 Å². The lowest BCUT2D eigenvalue weighted by molar-refractivity contribution is -0.173. The average Bonchev–Trinajstić information content (AvgIpc) is 3.38. The summed E-state index contributed by atoms with van der Waals surface area (Å²) in [5.74, 6) is 0.899. The van der Waals surface area contributed by atoms with E-state index < -0.39 is 18.3 Å². The standard InChI is InChI=1S/C20H22F3N5O3/c1-26-4-6-27(7-5-26)19(29)14-10-18-24-13(9-17(20(21,22)23)28(18)25-14)12-2-3-15-16(8-12)31-11-30-15/h2-3,8,10,13,17,24H,4-7,9,11H2,1H3/t13-,17-/m0/s1. The molecule has 166 valence electrons. The molecule has 0 saturated carbocycles. The fourth-order valence-corrected chi connectivity index (χ4v) is 4.20. The van der Waals surface area contributed by atoms with Crippen LogP contribution in [0.5, 0.6) is 11.5 Å². The SMILES string of the molecule is CN1CCN(C(=O)c2cc3n(n2)[C@H](C(F)(F)F)C[C@@H](c2ccc4c(c2)OCO4)N3)CC1. The molecular formula is C20H22F3N5O3. The van der Waals surface area contributed by atoms with E-state index in [0.717, 1.165) is 17.8 Å². The third kappa shape index (κ3) is 3.67. The maximum atomic E-state index is 13.9. The molecule has 0 bridgehead atoms. The van der Waals surface area contributed by atoms with E-state index >= 15 is 0 Å². The van der Waals surface area contributed by atoms with Crippen molar-refractivity contribution in [3.8, 4) is 11.5 Å². The van der Waals surface area contributed by atoms with E-state index in [1.807, 2.05) is 7.05 Å². The number of nitrogens with zero attached hydrogens (tertiary/aromatic N) is 4. The molecule has 1 amide bonds. The molecule has 0 aliphatic carbocycles. The van der Waals surface area contributed by atoms with Gasteiger partial charge in [0.15, 0.2) is 23.2 Å². The van der Waals surface area contributed by atoms with Crippen LogP contribution in [0.25, 0.3) is 0 Å². The van der Waals surface area contributed by atoms with E-state index in [1.165, 1.54) is 6.07 Å². The van der Waals surface area contributed by atoms with Crippen molar-refractivity contribution in [2.45, 2.75) is 24.7 Å². The molecule has 1 aromatic carbocycles. The second-order valence-corrected chi connectivity index (χ2v) is 8.06. The largest absolute Gasteiger partial charge is 0.454 e. The van der Waals surface area contributed by atoms with Crippen molar-refractivity contribution in [3.63, 3.8) is 0 Å². The van der Waals surface area contributed by atoms with Gasteiger partial charge >= 0.3 is 6.18 Å². The number of carbonyl (C=O) groups is 1. The van der Waals surface area contributed by atoms with Gasteiger partial charge in [0.1, 0.15) is 5.82 Å². The Kier molecular flexibility index (Phi) is 4.72. The van der Waals surface area contributed by atoms with Gasteiger partial charge in [0.05, 0.1) is 6.04 Å². The average molecular weight is 437 g/mol. The number of rotatable bonds is 2. The van der Waals surface area contributed by atoms with E-state index in [-0.39, 0.29) is 30.6 Å². The molecule has 0 spiro atoms. The summed E-state index contributed by atoms with van der Waals surface area (Å²) in [7, 11) is 1.96. The van der Waals surface area contributed by atoms with Crippen LogP contribution in [-0.2, 0) is 0 Å². The second kappa shape index (κ2) is 7.33. The second-order valence-electron chi connectivity index (χ2n) is 8.06. The number of ether oxygens (including phenoxy) is 2. The molecule has 2 aromatic rings. The fourth-order valence-electron chi connectivity index (χ4n) is 4.20. The number of nitrogens with one attached hydrogen (secondary N) is 1. The number of amides is 1. The molecule has 2 atom stereocenters. The first-order chi connectivity index (χ1) is 14.8. The van der Waals surface area contributed by atoms with Crippen LogP contribution >= 0.6 is 0 Å². The fraction of sp³-hybridized carbons (Fsp3) is 0.500. The highest BCUT2D eigenvalue weighted by Crippen LogP contribution is 2.45. The van der Waals surface area contributed by atoms with Crippen molar-refractivity contribution in [3.05, 3.63) is 35.5 Å².